The van der Waals surface area contributed by atoms with Crippen molar-refractivity contribution < 1.29 is 4.74 Å². The van der Waals surface area contributed by atoms with Crippen molar-refractivity contribution in [2.24, 2.45) is 0 Å². The SMILES string of the molecule is [C-]#[N+]c1c(N)c2c(n1-c1ccc(Br)cc1)COC2C. The van der Waals surface area contributed by atoms with E-state index in [1.165, 1.54) is 0 Å². The fourth-order valence-electron chi connectivity index (χ4n) is 2.51. The van der Waals surface area contributed by atoms with Gasteiger partial charge in [0.25, 0.3) is 5.82 Å². The van der Waals surface area contributed by atoms with Crippen LogP contribution in [0.15, 0.2) is 28.7 Å². The van der Waals surface area contributed by atoms with Gasteiger partial charge in [-0.2, -0.15) is 0 Å². The maximum absolute atomic E-state index is 7.37. The van der Waals surface area contributed by atoms with E-state index in [2.05, 4.69) is 20.8 Å². The van der Waals surface area contributed by atoms with Crippen molar-refractivity contribution in [3.05, 3.63) is 51.4 Å². The molecular weight excluding hydrogens is 306 g/mol. The van der Waals surface area contributed by atoms with Crippen LogP contribution in [0, 0.1) is 6.57 Å². The third kappa shape index (κ3) is 1.76. The lowest BCUT2D eigenvalue weighted by atomic mass is 10.1. The van der Waals surface area contributed by atoms with Gasteiger partial charge in [-0.15, -0.1) is 0 Å². The van der Waals surface area contributed by atoms with Gasteiger partial charge in [-0.05, 0) is 31.2 Å². The van der Waals surface area contributed by atoms with Crippen molar-refractivity contribution >= 4 is 27.4 Å². The molecular formula is C14H12BrN3O. The van der Waals surface area contributed by atoms with Crippen molar-refractivity contribution in [1.82, 2.24) is 4.57 Å². The predicted octanol–water partition coefficient (Wildman–Crippen LogP) is 3.96. The molecule has 4 nitrogen and oxygen atoms in total. The lowest BCUT2D eigenvalue weighted by Crippen LogP contribution is -1.98. The molecule has 1 atom stereocenters. The van der Waals surface area contributed by atoms with Gasteiger partial charge in [0, 0.05) is 10.0 Å². The summed E-state index contributed by atoms with van der Waals surface area (Å²) in [6.45, 7) is 9.82. The Kier molecular flexibility index (Phi) is 2.85. The van der Waals surface area contributed by atoms with Crippen LogP contribution in [0.4, 0.5) is 11.5 Å². The molecule has 2 aromatic rings. The van der Waals surface area contributed by atoms with Gasteiger partial charge in [-0.3, -0.25) is 4.57 Å². The highest BCUT2D eigenvalue weighted by Crippen LogP contribution is 2.44. The van der Waals surface area contributed by atoms with Crippen molar-refractivity contribution in [3.63, 3.8) is 0 Å². The predicted molar refractivity (Wildman–Crippen MR) is 77.3 cm³/mol. The quantitative estimate of drug-likeness (QED) is 0.809. The molecule has 1 aromatic carbocycles. The molecule has 2 N–H and O–H groups in total. The largest absolute Gasteiger partial charge is 0.406 e. The molecule has 0 saturated carbocycles. The Bertz CT molecular complexity index is 682. The zero-order valence-corrected chi connectivity index (χ0v) is 11.9. The zero-order valence-electron chi connectivity index (χ0n) is 10.4. The Morgan fingerprint density at radius 3 is 2.74 bits per heavy atom. The van der Waals surface area contributed by atoms with Crippen LogP contribution in [0.25, 0.3) is 10.5 Å². The van der Waals surface area contributed by atoms with E-state index in [1.54, 1.807) is 0 Å². The highest BCUT2D eigenvalue weighted by atomic mass is 79.9. The highest BCUT2D eigenvalue weighted by molar-refractivity contribution is 9.10. The molecule has 1 unspecified atom stereocenters. The molecule has 0 amide bonds. The van der Waals surface area contributed by atoms with E-state index in [4.69, 9.17) is 17.0 Å². The topological polar surface area (TPSA) is 44.5 Å². The number of ether oxygens (including phenoxy) is 1. The van der Waals surface area contributed by atoms with E-state index in [0.29, 0.717) is 18.1 Å². The van der Waals surface area contributed by atoms with Gasteiger partial charge in [0.1, 0.15) is 18.0 Å². The smallest absolute Gasteiger partial charge is 0.258 e. The molecule has 96 valence electrons. The second kappa shape index (κ2) is 4.41. The fourth-order valence-corrected chi connectivity index (χ4v) is 2.77. The summed E-state index contributed by atoms with van der Waals surface area (Å²) in [4.78, 5) is 3.59. The zero-order chi connectivity index (χ0) is 13.6. The lowest BCUT2D eigenvalue weighted by molar-refractivity contribution is 0.0779. The molecule has 1 aromatic heterocycles. The van der Waals surface area contributed by atoms with E-state index in [0.717, 1.165) is 21.4 Å². The maximum Gasteiger partial charge on any atom is 0.258 e. The number of anilines is 1. The third-order valence-corrected chi connectivity index (χ3v) is 3.92. The van der Waals surface area contributed by atoms with Crippen LogP contribution in [0.5, 0.6) is 0 Å². The standard InChI is InChI=1S/C14H12BrN3O/c1-8-12-11(7-19-8)18(14(17-2)13(12)16)10-5-3-9(15)4-6-10/h3-6,8H,7,16H2,1H3. The van der Waals surface area contributed by atoms with Crippen molar-refractivity contribution in [3.8, 4) is 5.69 Å². The summed E-state index contributed by atoms with van der Waals surface area (Å²) in [6.07, 6.45) is -0.0489. The Balaban J connectivity index is 2.27. The minimum Gasteiger partial charge on any atom is -0.406 e. The number of rotatable bonds is 1. The Morgan fingerprint density at radius 1 is 1.42 bits per heavy atom. The second-order valence-electron chi connectivity index (χ2n) is 4.47. The molecule has 1 aliphatic heterocycles. The first-order valence-electron chi connectivity index (χ1n) is 5.91. The van der Waals surface area contributed by atoms with E-state index in [9.17, 15) is 0 Å². The van der Waals surface area contributed by atoms with Crippen LogP contribution in [-0.4, -0.2) is 4.57 Å². The number of aromatic nitrogens is 1. The van der Waals surface area contributed by atoms with Crippen LogP contribution < -0.4 is 5.73 Å². The minimum absolute atomic E-state index is 0.0489. The molecule has 0 spiro atoms. The van der Waals surface area contributed by atoms with E-state index < -0.39 is 0 Å². The number of hydrogen-bond donors (Lipinski definition) is 1. The molecule has 0 saturated heterocycles. The van der Waals surface area contributed by atoms with Gasteiger partial charge in [-0.1, -0.05) is 22.5 Å². The number of nitrogen functional groups attached to an aromatic ring is 1. The first kappa shape index (κ1) is 12.3. The van der Waals surface area contributed by atoms with Crippen molar-refractivity contribution in [1.29, 1.82) is 0 Å². The van der Waals surface area contributed by atoms with Crippen LogP contribution in [0.2, 0.25) is 0 Å². The number of nitrogens with two attached hydrogens (primary N) is 1. The van der Waals surface area contributed by atoms with Gasteiger partial charge >= 0.3 is 0 Å². The molecule has 3 rings (SSSR count). The van der Waals surface area contributed by atoms with E-state index >= 15 is 0 Å². The number of fused-ring (bicyclic) bond motifs is 1. The van der Waals surface area contributed by atoms with Crippen LogP contribution in [0.1, 0.15) is 24.3 Å². The number of hydrogen-bond acceptors (Lipinski definition) is 2. The van der Waals surface area contributed by atoms with Gasteiger partial charge < -0.3 is 15.3 Å². The molecule has 2 heterocycles. The summed E-state index contributed by atoms with van der Waals surface area (Å²) in [7, 11) is 0. The first-order valence-corrected chi connectivity index (χ1v) is 6.70. The lowest BCUT2D eigenvalue weighted by Gasteiger charge is -2.07. The molecule has 5 heteroatoms. The normalized spacial score (nSPS) is 17.2. The van der Waals surface area contributed by atoms with Crippen molar-refractivity contribution in [2.75, 3.05) is 5.73 Å². The molecule has 0 aliphatic carbocycles. The summed E-state index contributed by atoms with van der Waals surface area (Å²) in [5.41, 5.74) is 9.51. The Hall–Kier alpha value is -1.77. The monoisotopic (exact) mass is 317 g/mol. The second-order valence-corrected chi connectivity index (χ2v) is 5.39. The highest BCUT2D eigenvalue weighted by Gasteiger charge is 2.32. The van der Waals surface area contributed by atoms with Gasteiger partial charge in [0.2, 0.25) is 0 Å². The molecule has 0 radical (unpaired) electrons. The third-order valence-electron chi connectivity index (χ3n) is 3.39. The summed E-state index contributed by atoms with van der Waals surface area (Å²) in [6, 6.07) is 7.82. The summed E-state index contributed by atoms with van der Waals surface area (Å²) >= 11 is 3.41. The molecule has 19 heavy (non-hydrogen) atoms. The van der Waals surface area contributed by atoms with Crippen LogP contribution >= 0.6 is 15.9 Å². The summed E-state index contributed by atoms with van der Waals surface area (Å²) < 4.78 is 8.51. The minimum atomic E-state index is -0.0489. The van der Waals surface area contributed by atoms with Gasteiger partial charge in [0.05, 0.1) is 11.8 Å². The summed E-state index contributed by atoms with van der Waals surface area (Å²) in [5.74, 6) is 0.475. The molecule has 0 bridgehead atoms. The van der Waals surface area contributed by atoms with Crippen molar-refractivity contribution in [2.45, 2.75) is 19.6 Å². The number of halogens is 1. The van der Waals surface area contributed by atoms with E-state index in [-0.39, 0.29) is 6.10 Å². The number of benzene rings is 1. The average Bonchev–Trinajstić information content (AvgIpc) is 2.90. The first-order chi connectivity index (χ1) is 9.13. The molecule has 0 fully saturated rings. The summed E-state index contributed by atoms with van der Waals surface area (Å²) in [5, 5.41) is 0. The average molecular weight is 318 g/mol. The van der Waals surface area contributed by atoms with Gasteiger partial charge in [-0.25, -0.2) is 0 Å². The Labute approximate surface area is 119 Å². The van der Waals surface area contributed by atoms with E-state index in [1.807, 2.05) is 35.8 Å². The fraction of sp³-hybridized carbons (Fsp3) is 0.214. The molecule has 1 aliphatic rings. The number of nitrogens with zero attached hydrogens (tertiary/aromatic N) is 2. The van der Waals surface area contributed by atoms with Crippen LogP contribution in [-0.2, 0) is 11.3 Å². The van der Waals surface area contributed by atoms with Crippen LogP contribution in [0.3, 0.4) is 0 Å². The Morgan fingerprint density at radius 2 is 2.11 bits per heavy atom. The van der Waals surface area contributed by atoms with Gasteiger partial charge in [0.15, 0.2) is 0 Å². The maximum atomic E-state index is 7.37.